The van der Waals surface area contributed by atoms with Crippen LogP contribution in [0, 0.1) is 6.92 Å². The fourth-order valence-electron chi connectivity index (χ4n) is 3.35. The maximum Gasteiger partial charge on any atom is 0.0315 e. The second-order valence-electron chi connectivity index (χ2n) is 5.87. The topological polar surface area (TPSA) is 19.4 Å². The molecule has 0 aromatic carbocycles. The van der Waals surface area contributed by atoms with Gasteiger partial charge in [-0.3, -0.25) is 14.8 Å². The van der Waals surface area contributed by atoms with Crippen molar-refractivity contribution in [3.05, 3.63) is 29.6 Å². The van der Waals surface area contributed by atoms with Gasteiger partial charge in [0, 0.05) is 44.1 Å². The van der Waals surface area contributed by atoms with E-state index in [2.05, 4.69) is 34.7 Å². The lowest BCUT2D eigenvalue weighted by Gasteiger charge is -2.42. The van der Waals surface area contributed by atoms with Gasteiger partial charge in [0.2, 0.25) is 0 Å². The summed E-state index contributed by atoms with van der Waals surface area (Å²) in [5.41, 5.74) is 2.75. The van der Waals surface area contributed by atoms with Gasteiger partial charge >= 0.3 is 0 Å². The van der Waals surface area contributed by atoms with Gasteiger partial charge in [-0.2, -0.15) is 0 Å². The Morgan fingerprint density at radius 2 is 2.28 bits per heavy atom. The molecule has 3 heteroatoms. The lowest BCUT2D eigenvalue weighted by atomic mass is 10.1. The van der Waals surface area contributed by atoms with Crippen molar-refractivity contribution in [2.24, 2.45) is 0 Å². The van der Waals surface area contributed by atoms with Crippen molar-refractivity contribution in [1.82, 2.24) is 14.8 Å². The molecule has 0 N–H and O–H groups in total. The molecule has 3 rings (SSSR count). The fraction of sp³-hybridized carbons (Fsp3) is 0.667. The second-order valence-corrected chi connectivity index (χ2v) is 5.87. The number of aromatic nitrogens is 1. The van der Waals surface area contributed by atoms with Crippen molar-refractivity contribution in [2.45, 2.75) is 45.3 Å². The minimum atomic E-state index is 0.666. The molecule has 2 unspecified atom stereocenters. The Morgan fingerprint density at radius 3 is 3.11 bits per heavy atom. The normalized spacial score (nSPS) is 29.4. The van der Waals surface area contributed by atoms with Crippen molar-refractivity contribution in [3.63, 3.8) is 0 Å². The fourth-order valence-corrected chi connectivity index (χ4v) is 3.35. The lowest BCUT2D eigenvalue weighted by Crippen LogP contribution is -2.54. The molecule has 2 saturated heterocycles. The first-order valence-corrected chi connectivity index (χ1v) is 7.11. The van der Waals surface area contributed by atoms with Crippen LogP contribution in [0.15, 0.2) is 18.5 Å². The Kier molecular flexibility index (Phi) is 3.35. The van der Waals surface area contributed by atoms with Crippen molar-refractivity contribution in [1.29, 1.82) is 0 Å². The summed E-state index contributed by atoms with van der Waals surface area (Å²) in [6, 6.07) is 3.59. The number of fused-ring (bicyclic) bond motifs is 1. The predicted octanol–water partition coefficient (Wildman–Crippen LogP) is 2.06. The SMILES string of the molecule is Cc1ccncc1CN1CC2CCCN2CC1C. The van der Waals surface area contributed by atoms with Crippen molar-refractivity contribution >= 4 is 0 Å². The lowest BCUT2D eigenvalue weighted by molar-refractivity contribution is 0.0538. The first kappa shape index (κ1) is 12.1. The van der Waals surface area contributed by atoms with Crippen LogP contribution in [0.1, 0.15) is 30.9 Å². The summed E-state index contributed by atoms with van der Waals surface area (Å²) in [4.78, 5) is 9.58. The number of rotatable bonds is 2. The van der Waals surface area contributed by atoms with E-state index >= 15 is 0 Å². The molecule has 0 radical (unpaired) electrons. The van der Waals surface area contributed by atoms with E-state index in [9.17, 15) is 0 Å². The zero-order valence-corrected chi connectivity index (χ0v) is 11.5. The Labute approximate surface area is 110 Å². The van der Waals surface area contributed by atoms with Gasteiger partial charge in [-0.1, -0.05) is 0 Å². The highest BCUT2D eigenvalue weighted by molar-refractivity contribution is 5.21. The molecule has 2 aliphatic heterocycles. The molecule has 0 spiro atoms. The Bertz CT molecular complexity index is 418. The Hall–Kier alpha value is -0.930. The predicted molar refractivity (Wildman–Crippen MR) is 73.4 cm³/mol. The summed E-state index contributed by atoms with van der Waals surface area (Å²) in [6.45, 7) is 9.40. The van der Waals surface area contributed by atoms with Crippen LogP contribution in [-0.2, 0) is 6.54 Å². The van der Waals surface area contributed by atoms with E-state index in [1.54, 1.807) is 0 Å². The minimum Gasteiger partial charge on any atom is -0.298 e. The van der Waals surface area contributed by atoms with Crippen molar-refractivity contribution in [2.75, 3.05) is 19.6 Å². The number of pyridine rings is 1. The number of aryl methyl sites for hydroxylation is 1. The summed E-state index contributed by atoms with van der Waals surface area (Å²) in [6.07, 6.45) is 6.69. The standard InChI is InChI=1S/C15H23N3/c1-12-5-6-16-8-14(12)10-18-11-15-4-3-7-17(15)9-13(18)2/h5-6,8,13,15H,3-4,7,9-11H2,1-2H3. The molecule has 1 aromatic rings. The quantitative estimate of drug-likeness (QED) is 0.795. The molecule has 0 saturated carbocycles. The molecule has 1 aromatic heterocycles. The average Bonchev–Trinajstić information content (AvgIpc) is 2.79. The first-order chi connectivity index (χ1) is 8.74. The van der Waals surface area contributed by atoms with E-state index in [4.69, 9.17) is 0 Å². The van der Waals surface area contributed by atoms with E-state index in [0.29, 0.717) is 6.04 Å². The molecule has 3 nitrogen and oxygen atoms in total. The van der Waals surface area contributed by atoms with Crippen molar-refractivity contribution < 1.29 is 0 Å². The van der Waals surface area contributed by atoms with Crippen LogP contribution in [0.5, 0.6) is 0 Å². The van der Waals surface area contributed by atoms with Gasteiger partial charge in [0.1, 0.15) is 0 Å². The third-order valence-electron chi connectivity index (χ3n) is 4.59. The van der Waals surface area contributed by atoms with Crippen LogP contribution < -0.4 is 0 Å². The Morgan fingerprint density at radius 1 is 1.39 bits per heavy atom. The highest BCUT2D eigenvalue weighted by atomic mass is 15.3. The van der Waals surface area contributed by atoms with Gasteiger partial charge in [-0.05, 0) is 50.4 Å². The summed E-state index contributed by atoms with van der Waals surface area (Å²) in [7, 11) is 0. The van der Waals surface area contributed by atoms with Crippen LogP contribution in [0.25, 0.3) is 0 Å². The summed E-state index contributed by atoms with van der Waals surface area (Å²) in [5.74, 6) is 0. The van der Waals surface area contributed by atoms with Crippen molar-refractivity contribution in [3.8, 4) is 0 Å². The third-order valence-corrected chi connectivity index (χ3v) is 4.59. The van der Waals surface area contributed by atoms with Gasteiger partial charge in [-0.15, -0.1) is 0 Å². The Balaban J connectivity index is 1.71. The van der Waals surface area contributed by atoms with Gasteiger partial charge in [-0.25, -0.2) is 0 Å². The maximum atomic E-state index is 4.27. The molecule has 0 bridgehead atoms. The van der Waals surface area contributed by atoms with Crippen LogP contribution in [-0.4, -0.2) is 46.5 Å². The summed E-state index contributed by atoms with van der Waals surface area (Å²) >= 11 is 0. The smallest absolute Gasteiger partial charge is 0.0315 e. The number of piperazine rings is 1. The monoisotopic (exact) mass is 245 g/mol. The van der Waals surface area contributed by atoms with Gasteiger partial charge in [0.25, 0.3) is 0 Å². The highest BCUT2D eigenvalue weighted by Gasteiger charge is 2.34. The molecular weight excluding hydrogens is 222 g/mol. The molecule has 2 fully saturated rings. The highest BCUT2D eigenvalue weighted by Crippen LogP contribution is 2.25. The molecule has 2 aliphatic rings. The molecular formula is C15H23N3. The number of hydrogen-bond acceptors (Lipinski definition) is 3. The summed E-state index contributed by atoms with van der Waals surface area (Å²) < 4.78 is 0. The first-order valence-electron chi connectivity index (χ1n) is 7.11. The molecule has 18 heavy (non-hydrogen) atoms. The summed E-state index contributed by atoms with van der Waals surface area (Å²) in [5, 5.41) is 0. The minimum absolute atomic E-state index is 0.666. The van der Waals surface area contributed by atoms with Gasteiger partial charge in [0.05, 0.1) is 0 Å². The van der Waals surface area contributed by atoms with E-state index < -0.39 is 0 Å². The largest absolute Gasteiger partial charge is 0.298 e. The van der Waals surface area contributed by atoms with Gasteiger partial charge < -0.3 is 0 Å². The molecule has 0 aliphatic carbocycles. The van der Waals surface area contributed by atoms with E-state index in [-0.39, 0.29) is 0 Å². The van der Waals surface area contributed by atoms with Gasteiger partial charge in [0.15, 0.2) is 0 Å². The molecule has 2 atom stereocenters. The zero-order valence-electron chi connectivity index (χ0n) is 11.5. The maximum absolute atomic E-state index is 4.27. The third kappa shape index (κ3) is 2.29. The van der Waals surface area contributed by atoms with E-state index in [1.165, 1.54) is 43.6 Å². The van der Waals surface area contributed by atoms with Crippen LogP contribution in [0.2, 0.25) is 0 Å². The number of nitrogens with zero attached hydrogens (tertiary/aromatic N) is 3. The van der Waals surface area contributed by atoms with Crippen LogP contribution in [0.3, 0.4) is 0 Å². The van der Waals surface area contributed by atoms with Crippen LogP contribution >= 0.6 is 0 Å². The molecule has 98 valence electrons. The van der Waals surface area contributed by atoms with E-state index in [1.807, 2.05) is 12.4 Å². The average molecular weight is 245 g/mol. The van der Waals surface area contributed by atoms with Crippen LogP contribution in [0.4, 0.5) is 0 Å². The number of hydrogen-bond donors (Lipinski definition) is 0. The molecule has 3 heterocycles. The zero-order chi connectivity index (χ0) is 12.5. The van der Waals surface area contributed by atoms with E-state index in [0.717, 1.165) is 12.6 Å². The molecule has 0 amide bonds. The second kappa shape index (κ2) is 4.98.